The van der Waals surface area contributed by atoms with E-state index in [2.05, 4.69) is 5.32 Å². The van der Waals surface area contributed by atoms with Crippen LogP contribution in [0.25, 0.3) is 0 Å². The number of carbonyl (C=O) groups is 2. The van der Waals surface area contributed by atoms with E-state index in [-0.39, 0.29) is 31.9 Å². The van der Waals surface area contributed by atoms with Gasteiger partial charge < -0.3 is 20.3 Å². The zero-order chi connectivity index (χ0) is 15.0. The second kappa shape index (κ2) is 8.39. The molecule has 1 aromatic carbocycles. The van der Waals surface area contributed by atoms with Crippen molar-refractivity contribution in [2.75, 3.05) is 13.2 Å². The van der Waals surface area contributed by atoms with Crippen LogP contribution in [0.5, 0.6) is 5.75 Å². The summed E-state index contributed by atoms with van der Waals surface area (Å²) >= 11 is 5.88. The summed E-state index contributed by atoms with van der Waals surface area (Å²) in [5.41, 5.74) is 0. The molecule has 0 radical (unpaired) electrons. The van der Waals surface area contributed by atoms with E-state index in [1.807, 2.05) is 0 Å². The Morgan fingerprint density at radius 2 is 2.05 bits per heavy atom. The number of aliphatic hydroxyl groups excluding tert-OH is 1. The van der Waals surface area contributed by atoms with Crippen molar-refractivity contribution in [2.45, 2.75) is 18.9 Å². The van der Waals surface area contributed by atoms with Gasteiger partial charge in [0, 0.05) is 13.0 Å². The Hall–Kier alpha value is -1.79. The molecule has 0 saturated heterocycles. The molecule has 1 aromatic rings. The fourth-order valence-electron chi connectivity index (χ4n) is 1.38. The topological polar surface area (TPSA) is 95.9 Å². The van der Waals surface area contributed by atoms with Crippen LogP contribution in [0.4, 0.5) is 0 Å². The number of amides is 1. The zero-order valence-electron chi connectivity index (χ0n) is 10.7. The number of halogens is 1. The van der Waals surface area contributed by atoms with E-state index in [1.54, 1.807) is 24.3 Å². The van der Waals surface area contributed by atoms with E-state index < -0.39 is 12.1 Å². The Morgan fingerprint density at radius 3 is 2.70 bits per heavy atom. The van der Waals surface area contributed by atoms with Gasteiger partial charge in [-0.15, -0.1) is 0 Å². The molecule has 0 aliphatic rings. The number of hydrogen-bond acceptors (Lipinski definition) is 4. The van der Waals surface area contributed by atoms with Gasteiger partial charge in [0.2, 0.25) is 5.91 Å². The SMILES string of the molecule is O=C(CCOc1ccccc1Cl)NCCC(O)C(=O)O. The number of carbonyl (C=O) groups excluding carboxylic acids is 1. The minimum absolute atomic E-state index is 0.0353. The quantitative estimate of drug-likeness (QED) is 0.667. The van der Waals surface area contributed by atoms with Crippen molar-refractivity contribution in [2.24, 2.45) is 0 Å². The third-order valence-electron chi connectivity index (χ3n) is 2.45. The number of hydrogen-bond donors (Lipinski definition) is 3. The number of aliphatic carboxylic acids is 1. The largest absolute Gasteiger partial charge is 0.491 e. The van der Waals surface area contributed by atoms with Crippen molar-refractivity contribution in [1.29, 1.82) is 0 Å². The first-order chi connectivity index (χ1) is 9.50. The third kappa shape index (κ3) is 5.90. The molecule has 0 bridgehead atoms. The van der Waals surface area contributed by atoms with Gasteiger partial charge in [0.1, 0.15) is 5.75 Å². The summed E-state index contributed by atoms with van der Waals surface area (Å²) in [6, 6.07) is 6.93. The van der Waals surface area contributed by atoms with Crippen LogP contribution in [-0.2, 0) is 9.59 Å². The fourth-order valence-corrected chi connectivity index (χ4v) is 1.57. The van der Waals surface area contributed by atoms with Crippen molar-refractivity contribution in [1.82, 2.24) is 5.32 Å². The van der Waals surface area contributed by atoms with Gasteiger partial charge in [0.25, 0.3) is 0 Å². The van der Waals surface area contributed by atoms with Crippen molar-refractivity contribution in [3.8, 4) is 5.75 Å². The minimum Gasteiger partial charge on any atom is -0.491 e. The standard InChI is InChI=1S/C13H16ClNO5/c14-9-3-1-2-4-11(9)20-8-6-12(17)15-7-5-10(16)13(18)19/h1-4,10,16H,5-8H2,(H,15,17)(H,18,19). The van der Waals surface area contributed by atoms with Gasteiger partial charge >= 0.3 is 5.97 Å². The molecule has 7 heteroatoms. The van der Waals surface area contributed by atoms with Crippen molar-refractivity contribution in [3.05, 3.63) is 29.3 Å². The highest BCUT2D eigenvalue weighted by molar-refractivity contribution is 6.32. The average molecular weight is 302 g/mol. The Bertz CT molecular complexity index is 466. The smallest absolute Gasteiger partial charge is 0.332 e. The van der Waals surface area contributed by atoms with Crippen LogP contribution in [0.3, 0.4) is 0 Å². The van der Waals surface area contributed by atoms with E-state index in [0.29, 0.717) is 10.8 Å². The highest BCUT2D eigenvalue weighted by atomic mass is 35.5. The Balaban J connectivity index is 2.18. The zero-order valence-corrected chi connectivity index (χ0v) is 11.5. The highest BCUT2D eigenvalue weighted by Gasteiger charge is 2.12. The lowest BCUT2D eigenvalue weighted by Crippen LogP contribution is -2.30. The molecule has 0 heterocycles. The predicted molar refractivity (Wildman–Crippen MR) is 72.8 cm³/mol. The number of carboxylic acid groups (broad SMARTS) is 1. The van der Waals surface area contributed by atoms with Gasteiger partial charge in [0.05, 0.1) is 18.1 Å². The number of aliphatic hydroxyl groups is 1. The predicted octanol–water partition coefficient (Wildman–Crippen LogP) is 1.06. The van der Waals surface area contributed by atoms with Crippen LogP contribution in [-0.4, -0.2) is 41.3 Å². The number of para-hydroxylation sites is 1. The molecule has 0 spiro atoms. The summed E-state index contributed by atoms with van der Waals surface area (Å²) in [6.07, 6.45) is -1.38. The van der Waals surface area contributed by atoms with E-state index in [4.69, 9.17) is 26.6 Å². The minimum atomic E-state index is -1.46. The van der Waals surface area contributed by atoms with Crippen LogP contribution in [0.1, 0.15) is 12.8 Å². The van der Waals surface area contributed by atoms with Gasteiger partial charge in [0.15, 0.2) is 6.10 Å². The second-order valence-corrected chi connectivity index (χ2v) is 4.43. The van der Waals surface area contributed by atoms with E-state index in [0.717, 1.165) is 0 Å². The van der Waals surface area contributed by atoms with Gasteiger partial charge in [-0.1, -0.05) is 23.7 Å². The number of ether oxygens (including phenoxy) is 1. The van der Waals surface area contributed by atoms with Crippen LogP contribution >= 0.6 is 11.6 Å². The first-order valence-corrected chi connectivity index (χ1v) is 6.43. The van der Waals surface area contributed by atoms with E-state index in [1.165, 1.54) is 0 Å². The maximum atomic E-state index is 11.4. The molecule has 20 heavy (non-hydrogen) atoms. The molecule has 0 aliphatic heterocycles. The normalized spacial score (nSPS) is 11.7. The molecule has 1 atom stereocenters. The Kier molecular flexibility index (Phi) is 6.83. The monoisotopic (exact) mass is 301 g/mol. The van der Waals surface area contributed by atoms with Crippen LogP contribution in [0.15, 0.2) is 24.3 Å². The van der Waals surface area contributed by atoms with Gasteiger partial charge in [-0.05, 0) is 12.1 Å². The summed E-state index contributed by atoms with van der Waals surface area (Å²) in [5.74, 6) is -1.08. The van der Waals surface area contributed by atoms with Crippen molar-refractivity contribution >= 4 is 23.5 Å². The summed E-state index contributed by atoms with van der Waals surface area (Å²) in [7, 11) is 0. The molecule has 0 aromatic heterocycles. The molecule has 0 aliphatic carbocycles. The number of nitrogens with one attached hydrogen (secondary N) is 1. The lowest BCUT2D eigenvalue weighted by atomic mass is 10.2. The number of benzene rings is 1. The van der Waals surface area contributed by atoms with Gasteiger partial charge in [-0.3, -0.25) is 4.79 Å². The molecule has 1 amide bonds. The molecule has 0 fully saturated rings. The molecule has 6 nitrogen and oxygen atoms in total. The number of rotatable bonds is 8. The first kappa shape index (κ1) is 16.3. The highest BCUT2D eigenvalue weighted by Crippen LogP contribution is 2.22. The maximum absolute atomic E-state index is 11.4. The lowest BCUT2D eigenvalue weighted by Gasteiger charge is -2.09. The van der Waals surface area contributed by atoms with E-state index in [9.17, 15) is 9.59 Å². The average Bonchev–Trinajstić information content (AvgIpc) is 2.40. The lowest BCUT2D eigenvalue weighted by molar-refractivity contribution is -0.147. The van der Waals surface area contributed by atoms with Crippen LogP contribution in [0.2, 0.25) is 5.02 Å². The molecule has 0 saturated carbocycles. The Morgan fingerprint density at radius 1 is 1.35 bits per heavy atom. The van der Waals surface area contributed by atoms with Gasteiger partial charge in [-0.2, -0.15) is 0 Å². The fraction of sp³-hybridized carbons (Fsp3) is 0.385. The maximum Gasteiger partial charge on any atom is 0.332 e. The van der Waals surface area contributed by atoms with Crippen LogP contribution in [0, 0.1) is 0 Å². The summed E-state index contributed by atoms with van der Waals surface area (Å²) < 4.78 is 5.34. The first-order valence-electron chi connectivity index (χ1n) is 6.05. The molecular formula is C13H16ClNO5. The van der Waals surface area contributed by atoms with Crippen LogP contribution < -0.4 is 10.1 Å². The summed E-state index contributed by atoms with van der Waals surface area (Å²) in [6.45, 7) is 0.259. The van der Waals surface area contributed by atoms with Crippen molar-refractivity contribution < 1.29 is 24.5 Å². The molecule has 1 unspecified atom stereocenters. The molecule has 110 valence electrons. The molecule has 1 rings (SSSR count). The summed E-state index contributed by atoms with van der Waals surface area (Å²) in [5, 5.41) is 20.4. The molecular weight excluding hydrogens is 286 g/mol. The van der Waals surface area contributed by atoms with Crippen molar-refractivity contribution in [3.63, 3.8) is 0 Å². The molecule has 3 N–H and O–H groups in total. The Labute approximate surface area is 121 Å². The number of carboxylic acids is 1. The van der Waals surface area contributed by atoms with Gasteiger partial charge in [-0.25, -0.2) is 4.79 Å². The third-order valence-corrected chi connectivity index (χ3v) is 2.76. The summed E-state index contributed by atoms with van der Waals surface area (Å²) in [4.78, 5) is 21.8. The van der Waals surface area contributed by atoms with E-state index >= 15 is 0 Å². The second-order valence-electron chi connectivity index (χ2n) is 4.02.